The van der Waals surface area contributed by atoms with E-state index in [0.29, 0.717) is 11.8 Å². The van der Waals surface area contributed by atoms with Gasteiger partial charge in [-0.2, -0.15) is 4.98 Å². The highest BCUT2D eigenvalue weighted by Crippen LogP contribution is 2.32. The number of nitrogens with zero attached hydrogens (tertiary/aromatic N) is 2. The lowest BCUT2D eigenvalue weighted by atomic mass is 10.2. The van der Waals surface area contributed by atoms with Crippen LogP contribution in [0.5, 0.6) is 5.88 Å². The van der Waals surface area contributed by atoms with Crippen LogP contribution >= 0.6 is 22.9 Å². The number of halogens is 1. The molecule has 3 nitrogen and oxygen atoms in total. The second-order valence-electron chi connectivity index (χ2n) is 3.55. The van der Waals surface area contributed by atoms with Gasteiger partial charge >= 0.3 is 0 Å². The van der Waals surface area contributed by atoms with Gasteiger partial charge in [0.2, 0.25) is 5.88 Å². The van der Waals surface area contributed by atoms with Crippen molar-refractivity contribution in [2.45, 2.75) is 13.3 Å². The molecular weight excluding hydrogens is 244 g/mol. The molecule has 0 amide bonds. The van der Waals surface area contributed by atoms with Crippen molar-refractivity contribution >= 4 is 34.1 Å². The van der Waals surface area contributed by atoms with Gasteiger partial charge in [0.05, 0.1) is 12.0 Å². The minimum Gasteiger partial charge on any atom is -0.480 e. The first-order chi connectivity index (χ1) is 7.62. The van der Waals surface area contributed by atoms with Gasteiger partial charge in [-0.15, -0.1) is 11.6 Å². The zero-order chi connectivity index (χ0) is 12.1. The van der Waals surface area contributed by atoms with E-state index in [2.05, 4.69) is 18.0 Å². The highest BCUT2D eigenvalue weighted by molar-refractivity contribution is 7.16. The van der Waals surface area contributed by atoms with Gasteiger partial charge in [0.15, 0.2) is 5.13 Å². The second-order valence-corrected chi connectivity index (χ2v) is 4.83. The number of hydrogen-bond donors (Lipinski definition) is 0. The summed E-state index contributed by atoms with van der Waals surface area (Å²) >= 11 is 7.45. The molecule has 0 spiro atoms. The number of aromatic nitrogens is 1. The largest absolute Gasteiger partial charge is 0.480 e. The summed E-state index contributed by atoms with van der Waals surface area (Å²) in [5, 5.41) is 0.938. The normalized spacial score (nSPS) is 11.7. The van der Waals surface area contributed by atoms with Gasteiger partial charge in [-0.25, -0.2) is 0 Å². The first-order valence-corrected chi connectivity index (χ1v) is 6.45. The van der Waals surface area contributed by atoms with E-state index in [1.165, 1.54) is 5.57 Å². The Morgan fingerprint density at radius 2 is 2.25 bits per heavy atom. The van der Waals surface area contributed by atoms with Crippen molar-refractivity contribution in [2.75, 3.05) is 32.0 Å². The Kier molecular flexibility index (Phi) is 5.09. The molecule has 0 aliphatic heterocycles. The fourth-order valence-corrected chi connectivity index (χ4v) is 2.37. The molecule has 0 radical (unpaired) electrons. The molecule has 0 atom stereocenters. The van der Waals surface area contributed by atoms with Gasteiger partial charge in [0, 0.05) is 20.0 Å². The highest BCUT2D eigenvalue weighted by Gasteiger charge is 2.11. The minimum atomic E-state index is 0.550. The molecule has 0 aliphatic carbocycles. The zero-order valence-corrected chi connectivity index (χ0v) is 11.7. The van der Waals surface area contributed by atoms with Crippen molar-refractivity contribution in [1.82, 2.24) is 4.98 Å². The molecule has 0 aliphatic rings. The van der Waals surface area contributed by atoms with Gasteiger partial charge < -0.3 is 9.64 Å². The predicted octanol–water partition coefficient (Wildman–Crippen LogP) is 3.25. The molecule has 0 bridgehead atoms. The van der Waals surface area contributed by atoms with Gasteiger partial charge in [-0.05, 0) is 12.5 Å². The number of ether oxygens (including phenoxy) is 1. The van der Waals surface area contributed by atoms with Crippen LogP contribution in [0.1, 0.15) is 18.2 Å². The molecule has 1 rings (SSSR count). The molecule has 0 aromatic carbocycles. The van der Waals surface area contributed by atoms with E-state index in [-0.39, 0.29) is 0 Å². The van der Waals surface area contributed by atoms with Gasteiger partial charge in [-0.3, -0.25) is 0 Å². The van der Waals surface area contributed by atoms with Crippen molar-refractivity contribution in [1.29, 1.82) is 0 Å². The lowest BCUT2D eigenvalue weighted by Crippen LogP contribution is -2.07. The van der Waals surface area contributed by atoms with Crippen molar-refractivity contribution in [2.24, 2.45) is 0 Å². The summed E-state index contributed by atoms with van der Waals surface area (Å²) in [7, 11) is 5.57. The van der Waals surface area contributed by atoms with E-state index in [0.717, 1.165) is 16.4 Å². The molecule has 0 unspecified atom stereocenters. The molecular formula is C11H17ClN2OS. The number of alkyl halides is 1. The Morgan fingerprint density at radius 1 is 1.56 bits per heavy atom. The quantitative estimate of drug-likeness (QED) is 0.760. The monoisotopic (exact) mass is 260 g/mol. The number of allylic oxidation sites excluding steroid dienone is 1. The van der Waals surface area contributed by atoms with Gasteiger partial charge in [0.1, 0.15) is 0 Å². The molecule has 0 fully saturated rings. The Morgan fingerprint density at radius 3 is 2.69 bits per heavy atom. The molecule has 1 heterocycles. The van der Waals surface area contributed by atoms with Crippen LogP contribution in [0.2, 0.25) is 0 Å². The lowest BCUT2D eigenvalue weighted by Gasteiger charge is -2.04. The fourth-order valence-electron chi connectivity index (χ4n) is 1.16. The molecule has 90 valence electrons. The smallest absolute Gasteiger partial charge is 0.233 e. The predicted molar refractivity (Wildman–Crippen MR) is 72.0 cm³/mol. The van der Waals surface area contributed by atoms with Crippen LogP contribution < -0.4 is 9.64 Å². The summed E-state index contributed by atoms with van der Waals surface area (Å²) in [5.74, 6) is 1.22. The Hall–Kier alpha value is -0.740. The number of thiazole rings is 1. The number of hydrogen-bond acceptors (Lipinski definition) is 4. The molecule has 1 aromatic rings. The summed E-state index contributed by atoms with van der Waals surface area (Å²) in [5.41, 5.74) is 1.19. The Bertz CT molecular complexity index is 368. The van der Waals surface area contributed by atoms with Crippen LogP contribution in [0.15, 0.2) is 5.57 Å². The van der Waals surface area contributed by atoms with Crippen LogP contribution in [0.25, 0.3) is 6.08 Å². The van der Waals surface area contributed by atoms with Crippen LogP contribution in [-0.4, -0.2) is 32.1 Å². The van der Waals surface area contributed by atoms with E-state index < -0.39 is 0 Å². The van der Waals surface area contributed by atoms with Crippen LogP contribution in [-0.2, 0) is 0 Å². The second kappa shape index (κ2) is 6.11. The van der Waals surface area contributed by atoms with Crippen molar-refractivity contribution in [3.05, 3.63) is 10.5 Å². The molecule has 0 saturated carbocycles. The summed E-state index contributed by atoms with van der Waals surface area (Å²) in [6.45, 7) is 2.09. The third-order valence-electron chi connectivity index (χ3n) is 2.15. The Labute approximate surface area is 106 Å². The van der Waals surface area contributed by atoms with Crippen LogP contribution in [0.3, 0.4) is 0 Å². The number of methoxy groups -OCH3 is 1. The van der Waals surface area contributed by atoms with Crippen molar-refractivity contribution in [3.8, 4) is 5.88 Å². The number of anilines is 1. The summed E-state index contributed by atoms with van der Waals surface area (Å²) in [6.07, 6.45) is 3.01. The van der Waals surface area contributed by atoms with E-state index in [1.807, 2.05) is 19.0 Å². The third kappa shape index (κ3) is 3.12. The summed E-state index contributed by atoms with van der Waals surface area (Å²) < 4.78 is 5.25. The van der Waals surface area contributed by atoms with E-state index in [4.69, 9.17) is 16.3 Å². The lowest BCUT2D eigenvalue weighted by molar-refractivity contribution is 0.400. The van der Waals surface area contributed by atoms with E-state index in [9.17, 15) is 0 Å². The van der Waals surface area contributed by atoms with E-state index >= 15 is 0 Å². The van der Waals surface area contributed by atoms with Gasteiger partial charge in [0.25, 0.3) is 0 Å². The maximum absolute atomic E-state index is 5.85. The van der Waals surface area contributed by atoms with Gasteiger partial charge in [-0.1, -0.05) is 23.8 Å². The average molecular weight is 261 g/mol. The first-order valence-electron chi connectivity index (χ1n) is 5.09. The Balaban J connectivity index is 3.07. The van der Waals surface area contributed by atoms with Crippen LogP contribution in [0, 0.1) is 0 Å². The fraction of sp³-hybridized carbons (Fsp3) is 0.545. The van der Waals surface area contributed by atoms with E-state index in [1.54, 1.807) is 18.4 Å². The average Bonchev–Trinajstić information content (AvgIpc) is 2.69. The molecule has 5 heteroatoms. The maximum Gasteiger partial charge on any atom is 0.233 e. The number of rotatable bonds is 5. The highest BCUT2D eigenvalue weighted by atomic mass is 35.5. The third-order valence-corrected chi connectivity index (χ3v) is 3.64. The SMILES string of the molecule is CCC(=Cc1sc(N(C)C)nc1OC)CCl. The molecule has 16 heavy (non-hydrogen) atoms. The molecule has 0 N–H and O–H groups in total. The summed E-state index contributed by atoms with van der Waals surface area (Å²) in [4.78, 5) is 7.38. The summed E-state index contributed by atoms with van der Waals surface area (Å²) in [6, 6.07) is 0. The topological polar surface area (TPSA) is 25.4 Å². The molecule has 1 aromatic heterocycles. The van der Waals surface area contributed by atoms with Crippen molar-refractivity contribution < 1.29 is 4.74 Å². The maximum atomic E-state index is 5.85. The zero-order valence-electron chi connectivity index (χ0n) is 10.1. The molecule has 0 saturated heterocycles. The standard InChI is InChI=1S/C11H17ClN2OS/c1-5-8(7-12)6-9-10(15-4)13-11(16-9)14(2)3/h6H,5,7H2,1-4H3. The van der Waals surface area contributed by atoms with Crippen LogP contribution in [0.4, 0.5) is 5.13 Å². The van der Waals surface area contributed by atoms with Crippen molar-refractivity contribution in [3.63, 3.8) is 0 Å². The first kappa shape index (κ1) is 13.3. The minimum absolute atomic E-state index is 0.550.